The Morgan fingerprint density at radius 3 is 2.89 bits per heavy atom. The van der Waals surface area contributed by atoms with Gasteiger partial charge in [-0.3, -0.25) is 0 Å². The number of nitrogens with zero attached hydrogens (tertiary/aromatic N) is 4. The minimum atomic E-state index is 0.302. The fraction of sp³-hybridized carbons (Fsp3) is 0.111. The second-order valence-corrected chi connectivity index (χ2v) is 7.61. The highest BCUT2D eigenvalue weighted by Crippen LogP contribution is 2.31. The van der Waals surface area contributed by atoms with Crippen molar-refractivity contribution in [3.8, 4) is 5.75 Å². The standard InChI is InChI=1S/C18H14Br2N6O/c1-9-4-3-5-12-14(9)22-17-15(12)24-26-18(23-17)25-21-8-10-6-11(19)7-13(20)16(10)27-2/h3-8H,1-2H3,(H2,22,23,25,26)/b21-8+. The Labute approximate surface area is 171 Å². The molecule has 0 aliphatic heterocycles. The molecule has 2 aromatic heterocycles. The van der Waals surface area contributed by atoms with Crippen LogP contribution in [0, 0.1) is 6.92 Å². The molecule has 4 aromatic rings. The highest BCUT2D eigenvalue weighted by atomic mass is 79.9. The maximum Gasteiger partial charge on any atom is 0.265 e. The predicted octanol–water partition coefficient (Wildman–Crippen LogP) is 4.79. The van der Waals surface area contributed by atoms with Crippen LogP contribution in [0.2, 0.25) is 0 Å². The van der Waals surface area contributed by atoms with Gasteiger partial charge in [0.25, 0.3) is 5.95 Å². The smallest absolute Gasteiger partial charge is 0.265 e. The van der Waals surface area contributed by atoms with Crippen LogP contribution in [0.4, 0.5) is 5.95 Å². The monoisotopic (exact) mass is 488 g/mol. The summed E-state index contributed by atoms with van der Waals surface area (Å²) in [5.41, 5.74) is 7.15. The van der Waals surface area contributed by atoms with Gasteiger partial charge in [0.2, 0.25) is 0 Å². The fourth-order valence-corrected chi connectivity index (χ4v) is 4.26. The quantitative estimate of drug-likeness (QED) is 0.317. The van der Waals surface area contributed by atoms with Crippen molar-refractivity contribution in [2.45, 2.75) is 6.92 Å². The van der Waals surface area contributed by atoms with Crippen LogP contribution in [0.1, 0.15) is 11.1 Å². The summed E-state index contributed by atoms with van der Waals surface area (Å²) in [5.74, 6) is 0.986. The first kappa shape index (κ1) is 17.9. The van der Waals surface area contributed by atoms with Crippen LogP contribution in [-0.4, -0.2) is 33.5 Å². The third kappa shape index (κ3) is 3.40. The lowest BCUT2D eigenvalue weighted by atomic mass is 10.1. The second-order valence-electron chi connectivity index (χ2n) is 5.84. The number of anilines is 1. The molecule has 0 aliphatic carbocycles. The molecule has 4 rings (SSSR count). The van der Waals surface area contributed by atoms with E-state index in [9.17, 15) is 0 Å². The largest absolute Gasteiger partial charge is 0.495 e. The normalized spacial score (nSPS) is 11.6. The number of aromatic amines is 1. The number of aryl methyl sites for hydroxylation is 1. The maximum atomic E-state index is 5.40. The summed E-state index contributed by atoms with van der Waals surface area (Å²) in [5, 5.41) is 13.6. The summed E-state index contributed by atoms with van der Waals surface area (Å²) in [7, 11) is 1.61. The van der Waals surface area contributed by atoms with Crippen LogP contribution in [0.25, 0.3) is 22.1 Å². The zero-order chi connectivity index (χ0) is 19.0. The van der Waals surface area contributed by atoms with Crippen molar-refractivity contribution in [3.63, 3.8) is 0 Å². The molecule has 0 bridgehead atoms. The Balaban J connectivity index is 1.64. The topological polar surface area (TPSA) is 88.1 Å². The number of fused-ring (bicyclic) bond motifs is 3. The average Bonchev–Trinajstić information content (AvgIpc) is 3.01. The first-order valence-electron chi connectivity index (χ1n) is 8.00. The maximum absolute atomic E-state index is 5.40. The fourth-order valence-electron chi connectivity index (χ4n) is 2.84. The Morgan fingerprint density at radius 2 is 2.07 bits per heavy atom. The van der Waals surface area contributed by atoms with Gasteiger partial charge in [-0.15, -0.1) is 10.2 Å². The number of ether oxygens (including phenoxy) is 1. The number of methoxy groups -OCH3 is 1. The van der Waals surface area contributed by atoms with Gasteiger partial charge in [-0.2, -0.15) is 10.1 Å². The van der Waals surface area contributed by atoms with E-state index in [1.807, 2.05) is 37.3 Å². The van der Waals surface area contributed by atoms with Gasteiger partial charge in [0.15, 0.2) is 5.65 Å². The zero-order valence-corrected chi connectivity index (χ0v) is 17.6. The molecule has 0 unspecified atom stereocenters. The second kappa shape index (κ2) is 7.24. The van der Waals surface area contributed by atoms with Gasteiger partial charge in [-0.1, -0.05) is 34.1 Å². The van der Waals surface area contributed by atoms with Crippen molar-refractivity contribution in [2.75, 3.05) is 12.5 Å². The summed E-state index contributed by atoms with van der Waals surface area (Å²) in [6.07, 6.45) is 1.64. The van der Waals surface area contributed by atoms with Crippen molar-refractivity contribution in [3.05, 3.63) is 50.4 Å². The van der Waals surface area contributed by atoms with Gasteiger partial charge >= 0.3 is 0 Å². The van der Waals surface area contributed by atoms with Crippen molar-refractivity contribution in [1.82, 2.24) is 20.2 Å². The number of rotatable bonds is 4. The third-order valence-corrected chi connectivity index (χ3v) is 5.11. The summed E-state index contributed by atoms with van der Waals surface area (Å²) < 4.78 is 7.14. The van der Waals surface area contributed by atoms with E-state index in [0.717, 1.165) is 36.5 Å². The number of hydrogen-bond donors (Lipinski definition) is 2. The highest BCUT2D eigenvalue weighted by Gasteiger charge is 2.10. The lowest BCUT2D eigenvalue weighted by Gasteiger charge is -2.07. The van der Waals surface area contributed by atoms with Gasteiger partial charge in [-0.05, 0) is 40.5 Å². The van der Waals surface area contributed by atoms with Crippen molar-refractivity contribution >= 4 is 66.1 Å². The first-order chi connectivity index (χ1) is 13.1. The van der Waals surface area contributed by atoms with Crippen molar-refractivity contribution < 1.29 is 4.74 Å². The third-order valence-electron chi connectivity index (χ3n) is 4.07. The number of benzene rings is 2. The number of para-hydroxylation sites is 1. The number of hydrazone groups is 1. The lowest BCUT2D eigenvalue weighted by Crippen LogP contribution is -2.00. The molecule has 0 atom stereocenters. The molecule has 7 nitrogen and oxygen atoms in total. The number of halogens is 2. The minimum Gasteiger partial charge on any atom is -0.495 e. The predicted molar refractivity (Wildman–Crippen MR) is 114 cm³/mol. The molecular formula is C18H14Br2N6O. The van der Waals surface area contributed by atoms with Gasteiger partial charge in [0.1, 0.15) is 11.3 Å². The van der Waals surface area contributed by atoms with E-state index < -0.39 is 0 Å². The molecule has 2 heterocycles. The van der Waals surface area contributed by atoms with E-state index in [2.05, 4.69) is 62.6 Å². The molecule has 27 heavy (non-hydrogen) atoms. The Kier molecular flexibility index (Phi) is 4.79. The zero-order valence-electron chi connectivity index (χ0n) is 14.4. The Morgan fingerprint density at radius 1 is 1.22 bits per heavy atom. The van der Waals surface area contributed by atoms with E-state index in [1.165, 1.54) is 0 Å². The highest BCUT2D eigenvalue weighted by molar-refractivity contribution is 9.11. The molecule has 0 saturated carbocycles. The summed E-state index contributed by atoms with van der Waals surface area (Å²) in [4.78, 5) is 7.75. The molecule has 0 aliphatic rings. The molecule has 0 amide bonds. The number of nitrogens with one attached hydrogen (secondary N) is 2. The summed E-state index contributed by atoms with van der Waals surface area (Å²) in [6, 6.07) is 9.84. The first-order valence-corrected chi connectivity index (χ1v) is 9.59. The molecule has 0 saturated heterocycles. The van der Waals surface area contributed by atoms with Crippen LogP contribution in [0.3, 0.4) is 0 Å². The Bertz CT molecular complexity index is 1190. The van der Waals surface area contributed by atoms with Crippen LogP contribution >= 0.6 is 31.9 Å². The van der Waals surface area contributed by atoms with E-state index >= 15 is 0 Å². The average molecular weight is 490 g/mol. The van der Waals surface area contributed by atoms with Crippen LogP contribution in [0.15, 0.2) is 44.4 Å². The summed E-state index contributed by atoms with van der Waals surface area (Å²) in [6.45, 7) is 2.04. The van der Waals surface area contributed by atoms with E-state index in [4.69, 9.17) is 4.74 Å². The van der Waals surface area contributed by atoms with Crippen molar-refractivity contribution in [1.29, 1.82) is 0 Å². The minimum absolute atomic E-state index is 0.302. The van der Waals surface area contributed by atoms with Gasteiger partial charge in [0.05, 0.1) is 23.3 Å². The van der Waals surface area contributed by atoms with Crippen LogP contribution in [-0.2, 0) is 0 Å². The van der Waals surface area contributed by atoms with Crippen molar-refractivity contribution in [2.24, 2.45) is 5.10 Å². The molecule has 0 fully saturated rings. The van der Waals surface area contributed by atoms with E-state index in [1.54, 1.807) is 13.3 Å². The molecule has 2 N–H and O–H groups in total. The molecule has 9 heteroatoms. The number of hydrogen-bond acceptors (Lipinski definition) is 6. The molecule has 0 radical (unpaired) electrons. The van der Waals surface area contributed by atoms with E-state index in [0.29, 0.717) is 17.3 Å². The number of aromatic nitrogens is 4. The molecule has 136 valence electrons. The Hall–Kier alpha value is -2.52. The van der Waals surface area contributed by atoms with Crippen LogP contribution in [0.5, 0.6) is 5.75 Å². The van der Waals surface area contributed by atoms with E-state index in [-0.39, 0.29) is 0 Å². The lowest BCUT2D eigenvalue weighted by molar-refractivity contribution is 0.411. The molecule has 2 aromatic carbocycles. The SMILES string of the molecule is COc1c(Br)cc(Br)cc1/C=N/Nc1nnc2c(n1)[nH]c1c(C)cccc12. The number of H-pyrrole nitrogens is 1. The summed E-state index contributed by atoms with van der Waals surface area (Å²) >= 11 is 6.93. The van der Waals surface area contributed by atoms with Gasteiger partial charge in [0, 0.05) is 15.4 Å². The van der Waals surface area contributed by atoms with Gasteiger partial charge in [-0.25, -0.2) is 5.43 Å². The molecular weight excluding hydrogens is 476 g/mol. The van der Waals surface area contributed by atoms with Gasteiger partial charge < -0.3 is 9.72 Å². The molecule has 0 spiro atoms. The van der Waals surface area contributed by atoms with Crippen LogP contribution < -0.4 is 10.2 Å².